The summed E-state index contributed by atoms with van der Waals surface area (Å²) < 4.78 is 16.0. The summed E-state index contributed by atoms with van der Waals surface area (Å²) in [6.07, 6.45) is 0. The third-order valence-electron chi connectivity index (χ3n) is 3.91. The fraction of sp³-hybridized carbons (Fsp3) is 0.286. The van der Waals surface area contributed by atoms with Gasteiger partial charge in [0.25, 0.3) is 5.91 Å². The zero-order valence-corrected chi connectivity index (χ0v) is 16.1. The number of anilines is 1. The Morgan fingerprint density at radius 1 is 1.07 bits per heavy atom. The lowest BCUT2D eigenvalue weighted by molar-refractivity contribution is -0.118. The quantitative estimate of drug-likeness (QED) is 0.632. The molecule has 0 fully saturated rings. The number of aromatic nitrogens is 2. The molecule has 0 aliphatic carbocycles. The first-order valence-electron chi connectivity index (χ1n) is 9.07. The van der Waals surface area contributed by atoms with Crippen LogP contribution in [0.25, 0.3) is 11.3 Å². The average Bonchev–Trinajstić information content (AvgIpc) is 3.14. The number of hydrogen-bond donors (Lipinski definition) is 1. The highest BCUT2D eigenvalue weighted by Crippen LogP contribution is 2.26. The maximum atomic E-state index is 12.2. The molecule has 7 heteroatoms. The molecule has 3 aromatic rings. The molecule has 0 spiro atoms. The normalized spacial score (nSPS) is 10.7. The Kier molecular flexibility index (Phi) is 6.26. The SMILES string of the molecule is Cc1ccccc1OCC(=O)Nc1nonc1-c1ccc(OCC(C)C)cc1. The average molecular weight is 381 g/mol. The van der Waals surface area contributed by atoms with Crippen molar-refractivity contribution in [2.24, 2.45) is 5.92 Å². The molecule has 0 aliphatic rings. The predicted octanol–water partition coefficient (Wildman–Crippen LogP) is 4.10. The van der Waals surface area contributed by atoms with E-state index in [0.717, 1.165) is 16.9 Å². The van der Waals surface area contributed by atoms with Gasteiger partial charge < -0.3 is 14.8 Å². The third-order valence-corrected chi connectivity index (χ3v) is 3.91. The first-order valence-corrected chi connectivity index (χ1v) is 9.07. The fourth-order valence-corrected chi connectivity index (χ4v) is 2.46. The number of hydrogen-bond acceptors (Lipinski definition) is 6. The van der Waals surface area contributed by atoms with Crippen LogP contribution in [-0.4, -0.2) is 29.4 Å². The maximum Gasteiger partial charge on any atom is 0.263 e. The molecule has 0 unspecified atom stereocenters. The minimum atomic E-state index is -0.350. The van der Waals surface area contributed by atoms with Crippen LogP contribution in [0, 0.1) is 12.8 Å². The Morgan fingerprint density at radius 3 is 2.54 bits per heavy atom. The molecule has 2 aromatic carbocycles. The van der Waals surface area contributed by atoms with Gasteiger partial charge >= 0.3 is 0 Å². The lowest BCUT2D eigenvalue weighted by atomic mass is 10.1. The number of aryl methyl sites for hydroxylation is 1. The van der Waals surface area contributed by atoms with E-state index in [1.807, 2.05) is 55.5 Å². The van der Waals surface area contributed by atoms with Gasteiger partial charge in [-0.05, 0) is 59.1 Å². The van der Waals surface area contributed by atoms with Gasteiger partial charge in [-0.3, -0.25) is 4.79 Å². The number of amides is 1. The summed E-state index contributed by atoms with van der Waals surface area (Å²) >= 11 is 0. The second-order valence-corrected chi connectivity index (χ2v) is 6.79. The van der Waals surface area contributed by atoms with Crippen LogP contribution in [0.2, 0.25) is 0 Å². The Morgan fingerprint density at radius 2 is 1.82 bits per heavy atom. The van der Waals surface area contributed by atoms with Crippen molar-refractivity contribution in [3.8, 4) is 22.8 Å². The molecular formula is C21H23N3O4. The smallest absolute Gasteiger partial charge is 0.263 e. The molecule has 28 heavy (non-hydrogen) atoms. The van der Waals surface area contributed by atoms with Crippen LogP contribution < -0.4 is 14.8 Å². The van der Waals surface area contributed by atoms with E-state index in [4.69, 9.17) is 14.1 Å². The van der Waals surface area contributed by atoms with Gasteiger partial charge in [-0.15, -0.1) is 0 Å². The highest BCUT2D eigenvalue weighted by Gasteiger charge is 2.16. The number of nitrogens with zero attached hydrogens (tertiary/aromatic N) is 2. The standard InChI is InChI=1S/C21H23N3O4/c1-14(2)12-26-17-10-8-16(9-11-17)20-21(24-28-23-20)22-19(25)13-27-18-7-5-4-6-15(18)3/h4-11,14H,12-13H2,1-3H3,(H,22,24,25). The Labute approximate surface area is 163 Å². The lowest BCUT2D eigenvalue weighted by Crippen LogP contribution is -2.21. The topological polar surface area (TPSA) is 86.5 Å². The molecule has 0 aliphatic heterocycles. The second-order valence-electron chi connectivity index (χ2n) is 6.79. The van der Waals surface area contributed by atoms with Crippen LogP contribution in [0.1, 0.15) is 19.4 Å². The number of rotatable bonds is 8. The molecule has 0 saturated carbocycles. The van der Waals surface area contributed by atoms with Crippen LogP contribution in [0.15, 0.2) is 53.2 Å². The van der Waals surface area contributed by atoms with Gasteiger partial charge in [-0.1, -0.05) is 32.0 Å². The summed E-state index contributed by atoms with van der Waals surface area (Å²) in [6.45, 7) is 6.61. The predicted molar refractivity (Wildman–Crippen MR) is 105 cm³/mol. The highest BCUT2D eigenvalue weighted by atomic mass is 16.6. The van der Waals surface area contributed by atoms with Crippen LogP contribution in [-0.2, 0) is 4.79 Å². The summed E-state index contributed by atoms with van der Waals surface area (Å²) in [7, 11) is 0. The number of nitrogens with one attached hydrogen (secondary N) is 1. The van der Waals surface area contributed by atoms with Crippen LogP contribution >= 0.6 is 0 Å². The first-order chi connectivity index (χ1) is 13.5. The molecule has 1 heterocycles. The van der Waals surface area contributed by atoms with Crippen molar-refractivity contribution in [1.82, 2.24) is 10.3 Å². The molecule has 0 atom stereocenters. The van der Waals surface area contributed by atoms with E-state index in [1.165, 1.54) is 0 Å². The van der Waals surface area contributed by atoms with E-state index >= 15 is 0 Å². The van der Waals surface area contributed by atoms with E-state index in [-0.39, 0.29) is 18.3 Å². The number of benzene rings is 2. The summed E-state index contributed by atoms with van der Waals surface area (Å²) in [5.74, 6) is 1.77. The van der Waals surface area contributed by atoms with E-state index in [2.05, 4.69) is 29.5 Å². The molecule has 146 valence electrons. The summed E-state index contributed by atoms with van der Waals surface area (Å²) in [5, 5.41) is 10.3. The van der Waals surface area contributed by atoms with Crippen LogP contribution in [0.3, 0.4) is 0 Å². The van der Waals surface area contributed by atoms with Gasteiger partial charge in [0.05, 0.1) is 6.61 Å². The van der Waals surface area contributed by atoms with Gasteiger partial charge in [0.15, 0.2) is 12.3 Å². The Balaban J connectivity index is 1.61. The zero-order valence-electron chi connectivity index (χ0n) is 16.1. The highest BCUT2D eigenvalue weighted by molar-refractivity contribution is 5.94. The summed E-state index contributed by atoms with van der Waals surface area (Å²) in [5.41, 5.74) is 2.16. The monoisotopic (exact) mass is 381 g/mol. The van der Waals surface area contributed by atoms with Gasteiger partial charge in [0.1, 0.15) is 11.5 Å². The molecule has 1 aromatic heterocycles. The van der Waals surface area contributed by atoms with Crippen molar-refractivity contribution >= 4 is 11.7 Å². The maximum absolute atomic E-state index is 12.2. The van der Waals surface area contributed by atoms with Gasteiger partial charge in [-0.25, -0.2) is 4.63 Å². The second kappa shape index (κ2) is 9.03. The van der Waals surface area contributed by atoms with E-state index < -0.39 is 0 Å². The molecule has 0 bridgehead atoms. The zero-order chi connectivity index (χ0) is 19.9. The van der Waals surface area contributed by atoms with Crippen molar-refractivity contribution in [1.29, 1.82) is 0 Å². The van der Waals surface area contributed by atoms with Crippen LogP contribution in [0.4, 0.5) is 5.82 Å². The first kappa shape index (κ1) is 19.4. The number of carbonyl (C=O) groups is 1. The van der Waals surface area contributed by atoms with Crippen molar-refractivity contribution < 1.29 is 18.9 Å². The Bertz CT molecular complexity index is 919. The molecule has 0 saturated heterocycles. The minimum Gasteiger partial charge on any atom is -0.493 e. The Hall–Kier alpha value is -3.35. The van der Waals surface area contributed by atoms with Gasteiger partial charge in [0, 0.05) is 5.56 Å². The number of para-hydroxylation sites is 1. The van der Waals surface area contributed by atoms with Crippen LogP contribution in [0.5, 0.6) is 11.5 Å². The van der Waals surface area contributed by atoms with Crippen molar-refractivity contribution in [3.05, 3.63) is 54.1 Å². The van der Waals surface area contributed by atoms with E-state index in [1.54, 1.807) is 0 Å². The van der Waals surface area contributed by atoms with Gasteiger partial charge in [0.2, 0.25) is 5.82 Å². The molecule has 1 amide bonds. The molecule has 0 radical (unpaired) electrons. The molecular weight excluding hydrogens is 358 g/mol. The summed E-state index contributed by atoms with van der Waals surface area (Å²) in [4.78, 5) is 12.2. The number of ether oxygens (including phenoxy) is 2. The lowest BCUT2D eigenvalue weighted by Gasteiger charge is -2.09. The third kappa shape index (κ3) is 5.09. The number of carbonyl (C=O) groups excluding carboxylic acids is 1. The fourth-order valence-electron chi connectivity index (χ4n) is 2.46. The molecule has 1 N–H and O–H groups in total. The minimum absolute atomic E-state index is 0.140. The summed E-state index contributed by atoms with van der Waals surface area (Å²) in [6, 6.07) is 14.9. The van der Waals surface area contributed by atoms with Crippen molar-refractivity contribution in [2.75, 3.05) is 18.5 Å². The van der Waals surface area contributed by atoms with E-state index in [9.17, 15) is 4.79 Å². The molecule has 7 nitrogen and oxygen atoms in total. The largest absolute Gasteiger partial charge is 0.493 e. The van der Waals surface area contributed by atoms with Gasteiger partial charge in [-0.2, -0.15) is 0 Å². The van der Waals surface area contributed by atoms with Crippen molar-refractivity contribution in [3.63, 3.8) is 0 Å². The molecule has 3 rings (SSSR count). The van der Waals surface area contributed by atoms with Crippen molar-refractivity contribution in [2.45, 2.75) is 20.8 Å². The van der Waals surface area contributed by atoms with E-state index in [0.29, 0.717) is 24.0 Å².